The molecule has 0 spiro atoms. The summed E-state index contributed by atoms with van der Waals surface area (Å²) in [7, 11) is 0. The van der Waals surface area contributed by atoms with Crippen LogP contribution in [0, 0.1) is 6.92 Å². The topological polar surface area (TPSA) is 50.2 Å². The van der Waals surface area contributed by atoms with Gasteiger partial charge in [0.2, 0.25) is 0 Å². The minimum Gasteiger partial charge on any atom is -0.478 e. The van der Waals surface area contributed by atoms with Gasteiger partial charge in [0.15, 0.2) is 0 Å². The molecule has 1 fully saturated rings. The third-order valence-electron chi connectivity index (χ3n) is 2.36. The maximum Gasteiger partial charge on any atom is 0.339 e. The molecule has 0 aromatic carbocycles. The molecule has 1 aliphatic rings. The van der Waals surface area contributed by atoms with Crippen LogP contribution in [-0.2, 0) is 0 Å². The summed E-state index contributed by atoms with van der Waals surface area (Å²) in [6, 6.07) is 1.83. The van der Waals surface area contributed by atoms with Crippen molar-refractivity contribution in [3.63, 3.8) is 0 Å². The first kappa shape index (κ1) is 9.46. The Kier molecular flexibility index (Phi) is 2.19. The van der Waals surface area contributed by atoms with Gasteiger partial charge in [-0.25, -0.2) is 9.78 Å². The van der Waals surface area contributed by atoms with E-state index in [9.17, 15) is 4.79 Å². The highest BCUT2D eigenvalue weighted by atomic mass is 35.5. The molecule has 0 bridgehead atoms. The molecule has 2 rings (SSSR count). The molecule has 0 aliphatic heterocycles. The molecule has 0 atom stereocenters. The van der Waals surface area contributed by atoms with Crippen LogP contribution in [0.15, 0.2) is 6.07 Å². The summed E-state index contributed by atoms with van der Waals surface area (Å²) in [5.41, 5.74) is 1.80. The smallest absolute Gasteiger partial charge is 0.339 e. The second kappa shape index (κ2) is 3.24. The molecule has 4 heteroatoms. The number of hydrogen-bond acceptors (Lipinski definition) is 2. The van der Waals surface area contributed by atoms with Crippen molar-refractivity contribution in [2.45, 2.75) is 25.7 Å². The van der Waals surface area contributed by atoms with Crippen LogP contribution < -0.4 is 0 Å². The Morgan fingerprint density at radius 2 is 2.29 bits per heavy atom. The number of pyridine rings is 1. The van der Waals surface area contributed by atoms with Crippen molar-refractivity contribution in [3.05, 3.63) is 28.0 Å². The lowest BCUT2D eigenvalue weighted by Crippen LogP contribution is -2.05. The zero-order valence-corrected chi connectivity index (χ0v) is 8.51. The fourth-order valence-corrected chi connectivity index (χ4v) is 1.91. The van der Waals surface area contributed by atoms with E-state index < -0.39 is 5.97 Å². The Morgan fingerprint density at radius 3 is 2.79 bits per heavy atom. The van der Waals surface area contributed by atoms with Gasteiger partial charge in [0.25, 0.3) is 0 Å². The molecule has 1 saturated carbocycles. The van der Waals surface area contributed by atoms with Gasteiger partial charge in [0.1, 0.15) is 10.7 Å². The summed E-state index contributed by atoms with van der Waals surface area (Å²) in [4.78, 5) is 14.9. The van der Waals surface area contributed by atoms with Crippen LogP contribution in [0.25, 0.3) is 0 Å². The maximum absolute atomic E-state index is 11.0. The van der Waals surface area contributed by atoms with Crippen LogP contribution in [0.5, 0.6) is 0 Å². The van der Waals surface area contributed by atoms with E-state index in [-0.39, 0.29) is 10.7 Å². The van der Waals surface area contributed by atoms with Gasteiger partial charge in [-0.1, -0.05) is 11.6 Å². The quantitative estimate of drug-likeness (QED) is 0.765. The van der Waals surface area contributed by atoms with Crippen molar-refractivity contribution in [1.82, 2.24) is 4.98 Å². The van der Waals surface area contributed by atoms with E-state index in [0.29, 0.717) is 5.92 Å². The minimum atomic E-state index is -0.982. The first-order valence-corrected chi connectivity index (χ1v) is 4.87. The lowest BCUT2D eigenvalue weighted by atomic mass is 10.1. The molecule has 0 saturated heterocycles. The summed E-state index contributed by atoms with van der Waals surface area (Å²) < 4.78 is 0. The summed E-state index contributed by atoms with van der Waals surface area (Å²) >= 11 is 5.81. The second-order valence-corrected chi connectivity index (χ2v) is 3.96. The number of nitrogens with zero attached hydrogens (tertiary/aromatic N) is 1. The predicted molar refractivity (Wildman–Crippen MR) is 52.9 cm³/mol. The van der Waals surface area contributed by atoms with Crippen molar-refractivity contribution < 1.29 is 9.90 Å². The van der Waals surface area contributed by atoms with Crippen molar-refractivity contribution >= 4 is 17.6 Å². The van der Waals surface area contributed by atoms with Crippen LogP contribution in [0.2, 0.25) is 5.15 Å². The van der Waals surface area contributed by atoms with Crippen molar-refractivity contribution in [1.29, 1.82) is 0 Å². The molecular weight excluding hydrogens is 202 g/mol. The highest BCUT2D eigenvalue weighted by Gasteiger charge is 2.30. The van der Waals surface area contributed by atoms with E-state index in [1.54, 1.807) is 0 Å². The lowest BCUT2D eigenvalue weighted by Gasteiger charge is -2.07. The van der Waals surface area contributed by atoms with Crippen molar-refractivity contribution in [3.8, 4) is 0 Å². The van der Waals surface area contributed by atoms with Crippen LogP contribution >= 0.6 is 11.6 Å². The van der Waals surface area contributed by atoms with E-state index in [0.717, 1.165) is 24.1 Å². The zero-order valence-electron chi connectivity index (χ0n) is 7.75. The van der Waals surface area contributed by atoms with E-state index in [4.69, 9.17) is 16.7 Å². The average molecular weight is 212 g/mol. The van der Waals surface area contributed by atoms with E-state index in [1.165, 1.54) is 0 Å². The molecule has 0 unspecified atom stereocenters. The molecule has 3 nitrogen and oxygen atoms in total. The Balaban J connectivity index is 2.58. The highest BCUT2D eigenvalue weighted by Crippen LogP contribution is 2.43. The fraction of sp³-hybridized carbons (Fsp3) is 0.400. The minimum absolute atomic E-state index is 0.111. The molecule has 14 heavy (non-hydrogen) atoms. The first-order valence-electron chi connectivity index (χ1n) is 4.50. The number of aromatic carboxylic acids is 1. The number of carboxylic acid groups (broad SMARTS) is 1. The van der Waals surface area contributed by atoms with Crippen molar-refractivity contribution in [2.24, 2.45) is 0 Å². The Bertz CT molecular complexity index is 399. The zero-order chi connectivity index (χ0) is 10.3. The summed E-state index contributed by atoms with van der Waals surface area (Å²) in [5.74, 6) is -0.607. The van der Waals surface area contributed by atoms with Gasteiger partial charge in [-0.2, -0.15) is 0 Å². The highest BCUT2D eigenvalue weighted by molar-refractivity contribution is 6.32. The summed E-state index contributed by atoms with van der Waals surface area (Å²) in [5, 5.41) is 9.10. The lowest BCUT2D eigenvalue weighted by molar-refractivity contribution is 0.0695. The number of rotatable bonds is 2. The molecule has 1 heterocycles. The largest absolute Gasteiger partial charge is 0.478 e. The Hall–Kier alpha value is -1.09. The normalized spacial score (nSPS) is 15.6. The second-order valence-electron chi connectivity index (χ2n) is 3.60. The number of hydrogen-bond donors (Lipinski definition) is 1. The number of aromatic nitrogens is 1. The molecule has 1 aliphatic carbocycles. The number of carbonyl (C=O) groups is 1. The molecule has 74 valence electrons. The van der Waals surface area contributed by atoms with Gasteiger partial charge in [0.05, 0.1) is 0 Å². The van der Waals surface area contributed by atoms with E-state index in [1.807, 2.05) is 13.0 Å². The van der Waals surface area contributed by atoms with Crippen LogP contribution in [0.3, 0.4) is 0 Å². The van der Waals surface area contributed by atoms with Crippen LogP contribution in [-0.4, -0.2) is 16.1 Å². The van der Waals surface area contributed by atoms with Crippen LogP contribution in [0.1, 0.15) is 40.4 Å². The first-order chi connectivity index (χ1) is 6.59. The molecule has 1 aromatic rings. The third kappa shape index (κ3) is 1.60. The Labute approximate surface area is 86.7 Å². The molecule has 0 radical (unpaired) electrons. The third-order valence-corrected chi connectivity index (χ3v) is 2.64. The fourth-order valence-electron chi connectivity index (χ4n) is 1.59. The van der Waals surface area contributed by atoms with E-state index in [2.05, 4.69) is 4.98 Å². The number of carboxylic acids is 1. The SMILES string of the molecule is Cc1cc(C2CC2)c(C(=O)O)c(Cl)n1. The molecule has 1 N–H and O–H groups in total. The van der Waals surface area contributed by atoms with Gasteiger partial charge in [0, 0.05) is 5.69 Å². The van der Waals surface area contributed by atoms with Crippen molar-refractivity contribution in [2.75, 3.05) is 0 Å². The van der Waals surface area contributed by atoms with Gasteiger partial charge >= 0.3 is 5.97 Å². The molecular formula is C10H10ClNO2. The van der Waals surface area contributed by atoms with Crippen LogP contribution in [0.4, 0.5) is 0 Å². The summed E-state index contributed by atoms with van der Waals surface area (Å²) in [6.45, 7) is 1.82. The predicted octanol–water partition coefficient (Wildman–Crippen LogP) is 2.62. The Morgan fingerprint density at radius 1 is 1.64 bits per heavy atom. The average Bonchev–Trinajstić information content (AvgIpc) is 2.82. The molecule has 1 aromatic heterocycles. The molecule has 0 amide bonds. The van der Waals surface area contributed by atoms with Gasteiger partial charge in [-0.05, 0) is 37.3 Å². The number of halogens is 1. The van der Waals surface area contributed by atoms with Gasteiger partial charge in [-0.15, -0.1) is 0 Å². The maximum atomic E-state index is 11.0. The van der Waals surface area contributed by atoms with Gasteiger partial charge in [-0.3, -0.25) is 0 Å². The van der Waals surface area contributed by atoms with E-state index >= 15 is 0 Å². The number of aryl methyl sites for hydroxylation is 1. The monoisotopic (exact) mass is 211 g/mol. The summed E-state index contributed by atoms with van der Waals surface area (Å²) in [6.07, 6.45) is 2.11. The van der Waals surface area contributed by atoms with Gasteiger partial charge < -0.3 is 5.11 Å². The standard InChI is InChI=1S/C10H10ClNO2/c1-5-4-7(6-2-3-6)8(10(13)14)9(11)12-5/h4,6H,2-3H2,1H3,(H,13,14).